The van der Waals surface area contributed by atoms with E-state index in [-0.39, 0.29) is 36.7 Å². The number of anilines is 1. The highest BCUT2D eigenvalue weighted by Gasteiger charge is 2.33. The van der Waals surface area contributed by atoms with Gasteiger partial charge >= 0.3 is 6.01 Å². The van der Waals surface area contributed by atoms with E-state index in [1.807, 2.05) is 0 Å². The fourth-order valence-electron chi connectivity index (χ4n) is 3.26. The minimum Gasteiger partial charge on any atom is -0.407 e. The van der Waals surface area contributed by atoms with Crippen molar-refractivity contribution in [2.45, 2.75) is 23.5 Å². The van der Waals surface area contributed by atoms with Crippen molar-refractivity contribution in [1.29, 1.82) is 0 Å². The molecule has 0 atom stereocenters. The van der Waals surface area contributed by atoms with Crippen molar-refractivity contribution in [2.24, 2.45) is 5.92 Å². The Bertz CT molecular complexity index is 1110. The summed E-state index contributed by atoms with van der Waals surface area (Å²) in [5.41, 5.74) is 0.803. The molecule has 0 spiro atoms. The number of aromatic nitrogens is 2. The summed E-state index contributed by atoms with van der Waals surface area (Å²) in [6.07, 6.45) is 1.14. The Labute approximate surface area is 176 Å². The molecule has 0 aliphatic carbocycles. The van der Waals surface area contributed by atoms with Crippen molar-refractivity contribution >= 4 is 33.3 Å². The standard InChI is InChI=1S/C19H19FN4O4S2/c20-15-5-3-13(4-6-15)12-16-22-23-19(28-16)21-18(25)14-7-9-24(10-8-14)30(26,27)17-2-1-11-29-17/h1-6,11,14H,7-10,12H2,(H,21,23,25). The molecule has 1 aliphatic heterocycles. The number of nitrogens with zero attached hydrogens (tertiary/aromatic N) is 3. The number of nitrogens with one attached hydrogen (secondary N) is 1. The number of carbonyl (C=O) groups is 1. The van der Waals surface area contributed by atoms with Crippen LogP contribution in [0.2, 0.25) is 0 Å². The van der Waals surface area contributed by atoms with Gasteiger partial charge in [-0.05, 0) is 42.0 Å². The number of carbonyl (C=O) groups excluding carboxylic acids is 1. The van der Waals surface area contributed by atoms with Gasteiger partial charge in [-0.15, -0.1) is 16.4 Å². The summed E-state index contributed by atoms with van der Waals surface area (Å²) in [6.45, 7) is 0.552. The molecule has 0 saturated carbocycles. The fraction of sp³-hybridized carbons (Fsp3) is 0.316. The minimum atomic E-state index is -3.50. The molecule has 2 aromatic heterocycles. The summed E-state index contributed by atoms with van der Waals surface area (Å²) in [7, 11) is -3.50. The van der Waals surface area contributed by atoms with Crippen LogP contribution in [-0.2, 0) is 21.2 Å². The van der Waals surface area contributed by atoms with Gasteiger partial charge in [-0.1, -0.05) is 23.3 Å². The molecule has 30 heavy (non-hydrogen) atoms. The van der Waals surface area contributed by atoms with Gasteiger partial charge in [0.15, 0.2) is 0 Å². The zero-order valence-electron chi connectivity index (χ0n) is 15.8. The van der Waals surface area contributed by atoms with Crippen molar-refractivity contribution in [3.05, 3.63) is 59.0 Å². The third-order valence-electron chi connectivity index (χ3n) is 4.88. The van der Waals surface area contributed by atoms with E-state index in [1.165, 1.54) is 27.8 Å². The normalized spacial score (nSPS) is 15.9. The third-order valence-corrected chi connectivity index (χ3v) is 8.15. The lowest BCUT2D eigenvalue weighted by molar-refractivity contribution is -0.121. The number of sulfonamides is 1. The van der Waals surface area contributed by atoms with E-state index in [4.69, 9.17) is 4.42 Å². The number of amides is 1. The van der Waals surface area contributed by atoms with Crippen LogP contribution in [0.15, 0.2) is 50.4 Å². The highest BCUT2D eigenvalue weighted by molar-refractivity contribution is 7.91. The Kier molecular flexibility index (Phi) is 5.93. The zero-order valence-corrected chi connectivity index (χ0v) is 17.5. The molecule has 1 N–H and O–H groups in total. The third kappa shape index (κ3) is 4.58. The van der Waals surface area contributed by atoms with E-state index >= 15 is 0 Å². The molecule has 1 fully saturated rings. The van der Waals surface area contributed by atoms with Crippen LogP contribution in [0.3, 0.4) is 0 Å². The second kappa shape index (κ2) is 8.62. The predicted octanol–water partition coefficient (Wildman–Crippen LogP) is 2.90. The van der Waals surface area contributed by atoms with Gasteiger partial charge in [0.1, 0.15) is 10.0 Å². The first-order chi connectivity index (χ1) is 14.4. The number of benzene rings is 1. The molecular formula is C19H19FN4O4S2. The smallest absolute Gasteiger partial charge is 0.322 e. The van der Waals surface area contributed by atoms with Crippen molar-refractivity contribution in [3.63, 3.8) is 0 Å². The first-order valence-corrected chi connectivity index (χ1v) is 11.6. The van der Waals surface area contributed by atoms with Crippen LogP contribution < -0.4 is 5.32 Å². The van der Waals surface area contributed by atoms with Crippen molar-refractivity contribution in [3.8, 4) is 0 Å². The Balaban J connectivity index is 1.31. The first-order valence-electron chi connectivity index (χ1n) is 9.33. The number of thiophene rings is 1. The average Bonchev–Trinajstić information content (AvgIpc) is 3.43. The molecule has 8 nitrogen and oxygen atoms in total. The van der Waals surface area contributed by atoms with Gasteiger partial charge in [-0.2, -0.15) is 4.31 Å². The topological polar surface area (TPSA) is 105 Å². The molecule has 1 aliphatic rings. The fourth-order valence-corrected chi connectivity index (χ4v) is 5.87. The van der Waals surface area contributed by atoms with Gasteiger partial charge in [0, 0.05) is 19.0 Å². The van der Waals surface area contributed by atoms with Crippen LogP contribution in [0, 0.1) is 11.7 Å². The minimum absolute atomic E-state index is 0.00857. The average molecular weight is 451 g/mol. The zero-order chi connectivity index (χ0) is 21.1. The highest BCUT2D eigenvalue weighted by Crippen LogP contribution is 2.27. The maximum absolute atomic E-state index is 13.0. The number of rotatable bonds is 6. The van der Waals surface area contributed by atoms with E-state index in [9.17, 15) is 17.6 Å². The molecule has 4 rings (SSSR count). The van der Waals surface area contributed by atoms with Crippen LogP contribution in [0.4, 0.5) is 10.4 Å². The summed E-state index contributed by atoms with van der Waals surface area (Å²) in [5.74, 6) is -0.646. The Morgan fingerprint density at radius 3 is 2.60 bits per heavy atom. The molecule has 3 aromatic rings. The summed E-state index contributed by atoms with van der Waals surface area (Å²) in [4.78, 5) is 12.5. The lowest BCUT2D eigenvalue weighted by Crippen LogP contribution is -2.41. The van der Waals surface area contributed by atoms with Crippen molar-refractivity contribution in [1.82, 2.24) is 14.5 Å². The molecule has 1 saturated heterocycles. The van der Waals surface area contributed by atoms with Gasteiger partial charge in [0.25, 0.3) is 10.0 Å². The van der Waals surface area contributed by atoms with Gasteiger partial charge in [-0.3, -0.25) is 10.1 Å². The lowest BCUT2D eigenvalue weighted by Gasteiger charge is -2.29. The van der Waals surface area contributed by atoms with Crippen LogP contribution in [-0.4, -0.2) is 41.9 Å². The van der Waals surface area contributed by atoms with Gasteiger partial charge in [-0.25, -0.2) is 12.8 Å². The molecular weight excluding hydrogens is 431 g/mol. The molecule has 3 heterocycles. The van der Waals surface area contributed by atoms with Crippen molar-refractivity contribution < 1.29 is 22.0 Å². The van der Waals surface area contributed by atoms with Crippen molar-refractivity contribution in [2.75, 3.05) is 18.4 Å². The van der Waals surface area contributed by atoms with Gasteiger partial charge < -0.3 is 4.42 Å². The lowest BCUT2D eigenvalue weighted by atomic mass is 9.97. The molecule has 1 amide bonds. The number of halogens is 1. The van der Waals surface area contributed by atoms with Gasteiger partial charge in [0.2, 0.25) is 11.8 Å². The largest absolute Gasteiger partial charge is 0.407 e. The predicted molar refractivity (Wildman–Crippen MR) is 108 cm³/mol. The quantitative estimate of drug-likeness (QED) is 0.619. The number of piperidine rings is 1. The molecule has 1 aromatic carbocycles. The first kappa shape index (κ1) is 20.6. The summed E-state index contributed by atoms with van der Waals surface area (Å²) in [6, 6.07) is 9.21. The van der Waals surface area contributed by atoms with Crippen LogP contribution in [0.25, 0.3) is 0 Å². The van der Waals surface area contributed by atoms with E-state index in [0.29, 0.717) is 29.4 Å². The summed E-state index contributed by atoms with van der Waals surface area (Å²) >= 11 is 1.18. The highest BCUT2D eigenvalue weighted by atomic mass is 32.2. The van der Waals surface area contributed by atoms with E-state index in [0.717, 1.165) is 5.56 Å². The molecule has 158 valence electrons. The Hall–Kier alpha value is -2.63. The summed E-state index contributed by atoms with van der Waals surface area (Å²) in [5, 5.41) is 12.0. The van der Waals surface area contributed by atoms with E-state index in [1.54, 1.807) is 29.6 Å². The van der Waals surface area contributed by atoms with Crippen LogP contribution in [0.5, 0.6) is 0 Å². The van der Waals surface area contributed by atoms with Crippen LogP contribution >= 0.6 is 11.3 Å². The van der Waals surface area contributed by atoms with E-state index in [2.05, 4.69) is 15.5 Å². The SMILES string of the molecule is O=C(Nc1nnc(Cc2ccc(F)cc2)o1)C1CCN(S(=O)(=O)c2cccs2)CC1. The Morgan fingerprint density at radius 1 is 1.20 bits per heavy atom. The second-order valence-corrected chi connectivity index (χ2v) is 10.0. The van der Waals surface area contributed by atoms with Gasteiger partial charge in [0.05, 0.1) is 6.42 Å². The molecule has 11 heteroatoms. The molecule has 0 radical (unpaired) electrons. The van der Waals surface area contributed by atoms with E-state index < -0.39 is 10.0 Å². The second-order valence-electron chi connectivity index (χ2n) is 6.90. The molecule has 0 unspecified atom stereocenters. The Morgan fingerprint density at radius 2 is 1.93 bits per heavy atom. The number of hydrogen-bond acceptors (Lipinski definition) is 7. The van der Waals surface area contributed by atoms with Crippen LogP contribution in [0.1, 0.15) is 24.3 Å². The number of hydrogen-bond donors (Lipinski definition) is 1. The monoisotopic (exact) mass is 450 g/mol. The summed E-state index contributed by atoms with van der Waals surface area (Å²) < 4.78 is 45.3. The maximum atomic E-state index is 13.0. The maximum Gasteiger partial charge on any atom is 0.322 e. The molecule has 0 bridgehead atoms.